The minimum absolute atomic E-state index is 0.462. The summed E-state index contributed by atoms with van der Waals surface area (Å²) >= 11 is 4.21. The zero-order chi connectivity index (χ0) is 8.10. The Bertz CT molecular complexity index is 108. The third kappa shape index (κ3) is 3.01. The standard InChI is InChI=1S/C8H17NOS/c1-2-8-7-9(4-6-11)3-5-10-8/h8,11H,2-7H2,1H3. The van der Waals surface area contributed by atoms with Gasteiger partial charge in [-0.15, -0.1) is 0 Å². The van der Waals surface area contributed by atoms with Crippen LogP contribution in [0.4, 0.5) is 0 Å². The van der Waals surface area contributed by atoms with Crippen LogP contribution in [0.2, 0.25) is 0 Å². The van der Waals surface area contributed by atoms with Crippen molar-refractivity contribution in [3.8, 4) is 0 Å². The van der Waals surface area contributed by atoms with E-state index in [0.29, 0.717) is 6.10 Å². The van der Waals surface area contributed by atoms with E-state index >= 15 is 0 Å². The number of hydrogen-bond acceptors (Lipinski definition) is 3. The third-order valence-corrected chi connectivity index (χ3v) is 2.29. The molecular formula is C8H17NOS. The minimum atomic E-state index is 0.462. The molecule has 0 aromatic rings. The van der Waals surface area contributed by atoms with Crippen LogP contribution in [0.3, 0.4) is 0 Å². The first-order valence-corrected chi connectivity index (χ1v) is 4.95. The molecule has 3 heteroatoms. The maximum absolute atomic E-state index is 5.54. The van der Waals surface area contributed by atoms with Crippen molar-refractivity contribution in [3.05, 3.63) is 0 Å². The Balaban J connectivity index is 2.21. The van der Waals surface area contributed by atoms with Crippen molar-refractivity contribution in [1.82, 2.24) is 4.90 Å². The molecular weight excluding hydrogens is 158 g/mol. The molecule has 11 heavy (non-hydrogen) atoms. The first-order chi connectivity index (χ1) is 5.36. The molecule has 1 heterocycles. The van der Waals surface area contributed by atoms with Crippen LogP contribution >= 0.6 is 12.6 Å². The quantitative estimate of drug-likeness (QED) is 0.643. The number of nitrogens with zero attached hydrogens (tertiary/aromatic N) is 1. The van der Waals surface area contributed by atoms with Crippen molar-refractivity contribution < 1.29 is 4.74 Å². The first kappa shape index (κ1) is 9.36. The van der Waals surface area contributed by atoms with E-state index in [2.05, 4.69) is 24.5 Å². The van der Waals surface area contributed by atoms with Crippen LogP contribution in [-0.2, 0) is 4.74 Å². The molecule has 1 unspecified atom stereocenters. The fourth-order valence-electron chi connectivity index (χ4n) is 1.37. The van der Waals surface area contributed by atoms with E-state index in [-0.39, 0.29) is 0 Å². The molecule has 2 nitrogen and oxygen atoms in total. The lowest BCUT2D eigenvalue weighted by Gasteiger charge is -2.31. The molecule has 0 aliphatic carbocycles. The van der Waals surface area contributed by atoms with Crippen LogP contribution in [0.15, 0.2) is 0 Å². The Morgan fingerprint density at radius 3 is 3.09 bits per heavy atom. The van der Waals surface area contributed by atoms with E-state index in [9.17, 15) is 0 Å². The van der Waals surface area contributed by atoms with E-state index < -0.39 is 0 Å². The number of rotatable bonds is 3. The highest BCUT2D eigenvalue weighted by Gasteiger charge is 2.17. The topological polar surface area (TPSA) is 12.5 Å². The van der Waals surface area contributed by atoms with E-state index in [4.69, 9.17) is 4.74 Å². The van der Waals surface area contributed by atoms with Crippen LogP contribution in [0, 0.1) is 0 Å². The van der Waals surface area contributed by atoms with Crippen LogP contribution in [0.5, 0.6) is 0 Å². The largest absolute Gasteiger partial charge is 0.376 e. The molecule has 0 N–H and O–H groups in total. The average molecular weight is 175 g/mol. The molecule has 0 amide bonds. The molecule has 1 fully saturated rings. The van der Waals surface area contributed by atoms with Crippen molar-refractivity contribution in [1.29, 1.82) is 0 Å². The van der Waals surface area contributed by atoms with Gasteiger partial charge in [0.05, 0.1) is 12.7 Å². The maximum Gasteiger partial charge on any atom is 0.0700 e. The van der Waals surface area contributed by atoms with Crippen molar-refractivity contribution in [3.63, 3.8) is 0 Å². The van der Waals surface area contributed by atoms with Crippen molar-refractivity contribution in [2.24, 2.45) is 0 Å². The Morgan fingerprint density at radius 2 is 2.45 bits per heavy atom. The number of hydrogen-bond donors (Lipinski definition) is 1. The number of thiol groups is 1. The molecule has 1 rings (SSSR count). The highest BCUT2D eigenvalue weighted by Crippen LogP contribution is 2.07. The molecule has 0 bridgehead atoms. The van der Waals surface area contributed by atoms with Gasteiger partial charge in [-0.3, -0.25) is 4.90 Å². The van der Waals surface area contributed by atoms with Crippen molar-refractivity contribution in [2.75, 3.05) is 32.0 Å². The summed E-state index contributed by atoms with van der Waals surface area (Å²) in [6.07, 6.45) is 1.59. The predicted molar refractivity (Wildman–Crippen MR) is 50.3 cm³/mol. The van der Waals surface area contributed by atoms with E-state index in [1.807, 2.05) is 0 Å². The van der Waals surface area contributed by atoms with Gasteiger partial charge in [0, 0.05) is 25.4 Å². The van der Waals surface area contributed by atoms with Crippen LogP contribution < -0.4 is 0 Å². The second-order valence-electron chi connectivity index (χ2n) is 2.93. The van der Waals surface area contributed by atoms with Crippen LogP contribution in [-0.4, -0.2) is 43.0 Å². The van der Waals surface area contributed by atoms with Gasteiger partial charge in [0.15, 0.2) is 0 Å². The summed E-state index contributed by atoms with van der Waals surface area (Å²) in [5, 5.41) is 0. The Hall–Kier alpha value is 0.270. The molecule has 0 radical (unpaired) electrons. The summed E-state index contributed by atoms with van der Waals surface area (Å²) in [4.78, 5) is 2.42. The maximum atomic E-state index is 5.54. The fraction of sp³-hybridized carbons (Fsp3) is 1.00. The van der Waals surface area contributed by atoms with E-state index in [1.165, 1.54) is 0 Å². The zero-order valence-electron chi connectivity index (χ0n) is 7.12. The Morgan fingerprint density at radius 1 is 1.64 bits per heavy atom. The highest BCUT2D eigenvalue weighted by molar-refractivity contribution is 7.80. The second-order valence-corrected chi connectivity index (χ2v) is 3.37. The summed E-state index contributed by atoms with van der Waals surface area (Å²) in [5.41, 5.74) is 0. The molecule has 0 aromatic carbocycles. The van der Waals surface area contributed by atoms with Gasteiger partial charge >= 0.3 is 0 Å². The van der Waals surface area contributed by atoms with Crippen molar-refractivity contribution in [2.45, 2.75) is 19.4 Å². The third-order valence-electron chi connectivity index (χ3n) is 2.09. The van der Waals surface area contributed by atoms with Gasteiger partial charge in [-0.2, -0.15) is 12.6 Å². The van der Waals surface area contributed by atoms with Crippen molar-refractivity contribution >= 4 is 12.6 Å². The zero-order valence-corrected chi connectivity index (χ0v) is 8.02. The van der Waals surface area contributed by atoms with Gasteiger partial charge in [-0.1, -0.05) is 6.92 Å². The van der Waals surface area contributed by atoms with Gasteiger partial charge in [-0.25, -0.2) is 0 Å². The molecule has 0 spiro atoms. The normalized spacial score (nSPS) is 27.3. The summed E-state index contributed by atoms with van der Waals surface area (Å²) in [6, 6.07) is 0. The second kappa shape index (κ2) is 5.01. The lowest BCUT2D eigenvalue weighted by Crippen LogP contribution is -2.42. The fourth-order valence-corrected chi connectivity index (χ4v) is 1.65. The van der Waals surface area contributed by atoms with Gasteiger partial charge in [0.25, 0.3) is 0 Å². The summed E-state index contributed by atoms with van der Waals surface area (Å²) in [6.45, 7) is 6.35. The van der Waals surface area contributed by atoms with E-state index in [0.717, 1.165) is 38.4 Å². The summed E-state index contributed by atoms with van der Waals surface area (Å²) < 4.78 is 5.54. The smallest absolute Gasteiger partial charge is 0.0700 e. The molecule has 1 atom stereocenters. The average Bonchev–Trinajstić information content (AvgIpc) is 2.06. The lowest BCUT2D eigenvalue weighted by molar-refractivity contribution is -0.0274. The molecule has 0 saturated carbocycles. The highest BCUT2D eigenvalue weighted by atomic mass is 32.1. The Kier molecular flexibility index (Phi) is 4.26. The Labute approximate surface area is 74.3 Å². The monoisotopic (exact) mass is 175 g/mol. The van der Waals surface area contributed by atoms with Gasteiger partial charge < -0.3 is 4.74 Å². The molecule has 1 aliphatic heterocycles. The van der Waals surface area contributed by atoms with Crippen LogP contribution in [0.1, 0.15) is 13.3 Å². The SMILES string of the molecule is CCC1CN(CCS)CCO1. The van der Waals surface area contributed by atoms with E-state index in [1.54, 1.807) is 0 Å². The lowest BCUT2D eigenvalue weighted by atomic mass is 10.2. The van der Waals surface area contributed by atoms with Gasteiger partial charge in [0.1, 0.15) is 0 Å². The van der Waals surface area contributed by atoms with Crippen LogP contribution in [0.25, 0.3) is 0 Å². The predicted octanol–water partition coefficient (Wildman–Crippen LogP) is 1.03. The summed E-state index contributed by atoms with van der Waals surface area (Å²) in [7, 11) is 0. The number of morpholine rings is 1. The molecule has 66 valence electrons. The minimum Gasteiger partial charge on any atom is -0.376 e. The summed E-state index contributed by atoms with van der Waals surface area (Å²) in [5.74, 6) is 0.955. The number of ether oxygens (including phenoxy) is 1. The molecule has 1 aliphatic rings. The molecule has 0 aromatic heterocycles. The van der Waals surface area contributed by atoms with Gasteiger partial charge in [-0.05, 0) is 6.42 Å². The first-order valence-electron chi connectivity index (χ1n) is 4.31. The van der Waals surface area contributed by atoms with Gasteiger partial charge in [0.2, 0.25) is 0 Å². The molecule has 1 saturated heterocycles.